The summed E-state index contributed by atoms with van der Waals surface area (Å²) in [6.45, 7) is 4.97. The fraction of sp³-hybridized carbons (Fsp3) is 1.00. The minimum absolute atomic E-state index is 0.0788. The molecule has 3 nitrogen and oxygen atoms in total. The highest BCUT2D eigenvalue weighted by atomic mass is 16.8. The molecule has 11 heavy (non-hydrogen) atoms. The van der Waals surface area contributed by atoms with Gasteiger partial charge in [-0.05, 0) is 12.8 Å². The van der Waals surface area contributed by atoms with Gasteiger partial charge in [0.1, 0.15) is 0 Å². The maximum Gasteiger partial charge on any atom is 0.177 e. The molecule has 0 amide bonds. The predicted octanol–water partition coefficient (Wildman–Crippen LogP) is 1.69. The highest BCUT2D eigenvalue weighted by molar-refractivity contribution is 4.41. The standard InChI is InChI=1S/C8H19NO2/c1-4-6-8(11-9-3)10-7-5-2/h8-9H,4-7H2,1-3H3. The third-order valence-electron chi connectivity index (χ3n) is 1.28. The second-order valence-corrected chi connectivity index (χ2v) is 2.41. The van der Waals surface area contributed by atoms with Crippen LogP contribution in [0, 0.1) is 0 Å². The van der Waals surface area contributed by atoms with Crippen LogP contribution in [0.1, 0.15) is 33.1 Å². The molecule has 0 aromatic carbocycles. The number of ether oxygens (including phenoxy) is 1. The Morgan fingerprint density at radius 2 is 2.00 bits per heavy atom. The Kier molecular flexibility index (Phi) is 7.89. The molecule has 0 saturated heterocycles. The van der Waals surface area contributed by atoms with E-state index in [2.05, 4.69) is 19.3 Å². The molecule has 0 bridgehead atoms. The minimum atomic E-state index is -0.0788. The van der Waals surface area contributed by atoms with E-state index >= 15 is 0 Å². The highest BCUT2D eigenvalue weighted by Gasteiger charge is 2.05. The van der Waals surface area contributed by atoms with Gasteiger partial charge in [0, 0.05) is 13.7 Å². The summed E-state index contributed by atoms with van der Waals surface area (Å²) in [5, 5.41) is 0. The zero-order valence-corrected chi connectivity index (χ0v) is 7.72. The molecule has 0 aliphatic heterocycles. The number of nitrogens with one attached hydrogen (secondary N) is 1. The van der Waals surface area contributed by atoms with Gasteiger partial charge in [0.25, 0.3) is 0 Å². The van der Waals surface area contributed by atoms with E-state index in [1.54, 1.807) is 7.05 Å². The summed E-state index contributed by atoms with van der Waals surface area (Å²) in [6.07, 6.45) is 2.98. The molecule has 0 fully saturated rings. The van der Waals surface area contributed by atoms with Crippen LogP contribution in [0.5, 0.6) is 0 Å². The fourth-order valence-electron chi connectivity index (χ4n) is 0.793. The molecule has 0 saturated carbocycles. The summed E-state index contributed by atoms with van der Waals surface area (Å²) < 4.78 is 5.39. The summed E-state index contributed by atoms with van der Waals surface area (Å²) >= 11 is 0. The molecule has 3 heteroatoms. The predicted molar refractivity (Wildman–Crippen MR) is 45.1 cm³/mol. The van der Waals surface area contributed by atoms with Crippen molar-refractivity contribution in [3.8, 4) is 0 Å². The van der Waals surface area contributed by atoms with Crippen molar-refractivity contribution in [3.63, 3.8) is 0 Å². The number of hydrogen-bond acceptors (Lipinski definition) is 3. The second kappa shape index (κ2) is 7.98. The van der Waals surface area contributed by atoms with E-state index < -0.39 is 0 Å². The molecule has 0 aliphatic carbocycles. The zero-order valence-electron chi connectivity index (χ0n) is 7.72. The molecule has 68 valence electrons. The molecule has 0 rings (SSSR count). The molecule has 1 atom stereocenters. The Morgan fingerprint density at radius 1 is 1.27 bits per heavy atom. The van der Waals surface area contributed by atoms with Crippen molar-refractivity contribution in [3.05, 3.63) is 0 Å². The van der Waals surface area contributed by atoms with Gasteiger partial charge in [0.2, 0.25) is 0 Å². The second-order valence-electron chi connectivity index (χ2n) is 2.41. The molecule has 0 spiro atoms. The summed E-state index contributed by atoms with van der Waals surface area (Å²) in [5.41, 5.74) is 2.64. The smallest absolute Gasteiger partial charge is 0.177 e. The van der Waals surface area contributed by atoms with E-state index in [1.165, 1.54) is 0 Å². The SMILES string of the molecule is CCCOC(CCC)ONC. The van der Waals surface area contributed by atoms with Crippen LogP contribution in [0.25, 0.3) is 0 Å². The van der Waals surface area contributed by atoms with Gasteiger partial charge >= 0.3 is 0 Å². The van der Waals surface area contributed by atoms with Crippen LogP contribution in [-0.2, 0) is 9.57 Å². The van der Waals surface area contributed by atoms with Gasteiger partial charge in [-0.25, -0.2) is 5.48 Å². The van der Waals surface area contributed by atoms with Crippen LogP contribution in [-0.4, -0.2) is 19.9 Å². The minimum Gasteiger partial charge on any atom is -0.351 e. The Bertz CT molecular complexity index is 72.5. The molecule has 0 aromatic heterocycles. The quantitative estimate of drug-likeness (QED) is 0.455. The average Bonchev–Trinajstić information content (AvgIpc) is 2.01. The lowest BCUT2D eigenvalue weighted by Crippen LogP contribution is -2.23. The molecular formula is C8H19NO2. The Balaban J connectivity index is 3.34. The number of rotatable bonds is 7. The normalized spacial score (nSPS) is 13.4. The molecule has 1 N–H and O–H groups in total. The van der Waals surface area contributed by atoms with Crippen LogP contribution in [0.2, 0.25) is 0 Å². The van der Waals surface area contributed by atoms with Gasteiger partial charge in [0.15, 0.2) is 6.29 Å². The van der Waals surface area contributed by atoms with Crippen LogP contribution in [0.4, 0.5) is 0 Å². The van der Waals surface area contributed by atoms with Gasteiger partial charge in [-0.3, -0.25) is 4.84 Å². The molecule has 0 radical (unpaired) electrons. The van der Waals surface area contributed by atoms with E-state index in [1.807, 2.05) is 0 Å². The lowest BCUT2D eigenvalue weighted by Gasteiger charge is -2.15. The van der Waals surface area contributed by atoms with Gasteiger partial charge in [-0.1, -0.05) is 20.3 Å². The fourth-order valence-corrected chi connectivity index (χ4v) is 0.793. The van der Waals surface area contributed by atoms with E-state index in [0.29, 0.717) is 0 Å². The molecular weight excluding hydrogens is 142 g/mol. The van der Waals surface area contributed by atoms with Gasteiger partial charge in [-0.2, -0.15) is 0 Å². The van der Waals surface area contributed by atoms with E-state index in [4.69, 9.17) is 9.57 Å². The molecule has 0 aromatic rings. The van der Waals surface area contributed by atoms with Crippen molar-refractivity contribution in [2.45, 2.75) is 39.4 Å². The first kappa shape index (κ1) is 10.9. The number of hydroxylamine groups is 1. The van der Waals surface area contributed by atoms with Crippen molar-refractivity contribution < 1.29 is 9.57 Å². The zero-order chi connectivity index (χ0) is 8.53. The van der Waals surface area contributed by atoms with Crippen molar-refractivity contribution >= 4 is 0 Å². The lowest BCUT2D eigenvalue weighted by molar-refractivity contribution is -0.177. The third-order valence-corrected chi connectivity index (χ3v) is 1.28. The summed E-state index contributed by atoms with van der Waals surface area (Å²) in [7, 11) is 1.75. The van der Waals surface area contributed by atoms with Crippen LogP contribution in [0.3, 0.4) is 0 Å². The van der Waals surface area contributed by atoms with Crippen LogP contribution < -0.4 is 5.48 Å². The molecule has 1 unspecified atom stereocenters. The summed E-state index contributed by atoms with van der Waals surface area (Å²) in [5.74, 6) is 0. The van der Waals surface area contributed by atoms with Gasteiger partial charge in [-0.15, -0.1) is 0 Å². The molecule has 0 aliphatic rings. The average molecular weight is 161 g/mol. The van der Waals surface area contributed by atoms with Crippen LogP contribution >= 0.6 is 0 Å². The van der Waals surface area contributed by atoms with E-state index in [0.717, 1.165) is 25.9 Å². The van der Waals surface area contributed by atoms with Crippen molar-refractivity contribution in [1.29, 1.82) is 0 Å². The van der Waals surface area contributed by atoms with E-state index in [9.17, 15) is 0 Å². The molecule has 0 heterocycles. The maximum atomic E-state index is 5.39. The van der Waals surface area contributed by atoms with Gasteiger partial charge < -0.3 is 4.74 Å². The van der Waals surface area contributed by atoms with Gasteiger partial charge in [0.05, 0.1) is 0 Å². The van der Waals surface area contributed by atoms with Crippen LogP contribution in [0.15, 0.2) is 0 Å². The Hall–Kier alpha value is -0.120. The monoisotopic (exact) mass is 161 g/mol. The van der Waals surface area contributed by atoms with E-state index in [-0.39, 0.29) is 6.29 Å². The highest BCUT2D eigenvalue weighted by Crippen LogP contribution is 2.02. The van der Waals surface area contributed by atoms with Crippen molar-refractivity contribution in [1.82, 2.24) is 5.48 Å². The number of hydrogen-bond donors (Lipinski definition) is 1. The topological polar surface area (TPSA) is 30.5 Å². The summed E-state index contributed by atoms with van der Waals surface area (Å²) in [6, 6.07) is 0. The largest absolute Gasteiger partial charge is 0.351 e. The first-order valence-corrected chi connectivity index (χ1v) is 4.29. The third kappa shape index (κ3) is 6.28. The Morgan fingerprint density at radius 3 is 2.45 bits per heavy atom. The maximum absolute atomic E-state index is 5.39. The first-order chi connectivity index (χ1) is 5.35. The van der Waals surface area contributed by atoms with Crippen molar-refractivity contribution in [2.24, 2.45) is 0 Å². The van der Waals surface area contributed by atoms with Crippen molar-refractivity contribution in [2.75, 3.05) is 13.7 Å². The lowest BCUT2D eigenvalue weighted by atomic mass is 10.3. The summed E-state index contributed by atoms with van der Waals surface area (Å²) in [4.78, 5) is 5.11. The first-order valence-electron chi connectivity index (χ1n) is 4.29. The Labute approximate surface area is 69.0 Å².